The van der Waals surface area contributed by atoms with Gasteiger partial charge in [-0.05, 0) is 24.5 Å². The van der Waals surface area contributed by atoms with E-state index in [2.05, 4.69) is 39.3 Å². The highest BCUT2D eigenvalue weighted by molar-refractivity contribution is 5.82. The van der Waals surface area contributed by atoms with Gasteiger partial charge in [0.15, 0.2) is 23.2 Å². The van der Waals surface area contributed by atoms with Crippen molar-refractivity contribution in [3.8, 4) is 0 Å². The second kappa shape index (κ2) is 7.80. The molecule has 4 unspecified atom stereocenters. The van der Waals surface area contributed by atoms with Gasteiger partial charge in [-0.3, -0.25) is 4.57 Å². The van der Waals surface area contributed by atoms with Gasteiger partial charge in [-0.15, -0.1) is 0 Å². The molecule has 28 heavy (non-hydrogen) atoms. The minimum atomic E-state index is -1.19. The Bertz CT molecular complexity index is 962. The SMILES string of the molecule is Cc1ccccc1CCNc1ncnc2c1ncn2C1OC(CO)C(O)C1O. The fourth-order valence-electron chi connectivity index (χ4n) is 3.48. The number of benzene rings is 1. The minimum absolute atomic E-state index is 0.387. The van der Waals surface area contributed by atoms with Gasteiger partial charge < -0.3 is 25.4 Å². The van der Waals surface area contributed by atoms with E-state index in [1.54, 1.807) is 4.57 Å². The first kappa shape index (κ1) is 18.8. The van der Waals surface area contributed by atoms with Crippen molar-refractivity contribution < 1.29 is 20.1 Å². The van der Waals surface area contributed by atoms with Crippen LogP contribution in [0.25, 0.3) is 11.2 Å². The molecule has 1 aromatic carbocycles. The first-order valence-electron chi connectivity index (χ1n) is 9.18. The number of aliphatic hydroxyl groups is 3. The number of fused-ring (bicyclic) bond motifs is 1. The van der Waals surface area contributed by atoms with Gasteiger partial charge in [0.05, 0.1) is 12.9 Å². The van der Waals surface area contributed by atoms with Crippen LogP contribution in [0.15, 0.2) is 36.9 Å². The lowest BCUT2D eigenvalue weighted by Crippen LogP contribution is -2.33. The van der Waals surface area contributed by atoms with E-state index in [-0.39, 0.29) is 6.61 Å². The van der Waals surface area contributed by atoms with Gasteiger partial charge >= 0.3 is 0 Å². The van der Waals surface area contributed by atoms with Crippen molar-refractivity contribution in [1.29, 1.82) is 0 Å². The van der Waals surface area contributed by atoms with E-state index in [4.69, 9.17) is 4.74 Å². The summed E-state index contributed by atoms with van der Waals surface area (Å²) in [6, 6.07) is 8.22. The lowest BCUT2D eigenvalue weighted by molar-refractivity contribution is -0.0511. The van der Waals surface area contributed by atoms with Crippen molar-refractivity contribution in [1.82, 2.24) is 19.5 Å². The molecule has 4 atom stereocenters. The Kier molecular flexibility index (Phi) is 5.23. The molecule has 148 valence electrons. The molecule has 3 aromatic rings. The average molecular weight is 385 g/mol. The third-order valence-corrected chi connectivity index (χ3v) is 5.10. The molecule has 0 spiro atoms. The molecule has 1 aliphatic rings. The van der Waals surface area contributed by atoms with E-state index in [9.17, 15) is 15.3 Å². The van der Waals surface area contributed by atoms with Gasteiger partial charge in [-0.25, -0.2) is 15.0 Å². The first-order chi connectivity index (χ1) is 13.6. The Labute approximate surface area is 161 Å². The zero-order valence-corrected chi connectivity index (χ0v) is 15.4. The maximum atomic E-state index is 10.3. The van der Waals surface area contributed by atoms with Crippen LogP contribution < -0.4 is 5.32 Å². The van der Waals surface area contributed by atoms with Gasteiger partial charge in [-0.2, -0.15) is 0 Å². The van der Waals surface area contributed by atoms with Gasteiger partial charge in [0.1, 0.15) is 24.6 Å². The highest BCUT2D eigenvalue weighted by atomic mass is 16.6. The number of aryl methyl sites for hydroxylation is 1. The summed E-state index contributed by atoms with van der Waals surface area (Å²) in [5.41, 5.74) is 3.52. The van der Waals surface area contributed by atoms with Crippen LogP contribution >= 0.6 is 0 Å². The predicted octanol–water partition coefficient (Wildman–Crippen LogP) is 0.401. The molecule has 4 rings (SSSR count). The Morgan fingerprint density at radius 1 is 1.14 bits per heavy atom. The van der Waals surface area contributed by atoms with Crippen molar-refractivity contribution in [2.75, 3.05) is 18.5 Å². The number of hydrogen-bond donors (Lipinski definition) is 4. The number of ether oxygens (including phenoxy) is 1. The van der Waals surface area contributed by atoms with E-state index in [0.29, 0.717) is 23.5 Å². The van der Waals surface area contributed by atoms with Crippen LogP contribution in [0.5, 0.6) is 0 Å². The summed E-state index contributed by atoms with van der Waals surface area (Å²) in [5, 5.41) is 32.8. The number of anilines is 1. The lowest BCUT2D eigenvalue weighted by atomic mass is 10.1. The average Bonchev–Trinajstić information content (AvgIpc) is 3.25. The van der Waals surface area contributed by atoms with Crippen molar-refractivity contribution >= 4 is 17.0 Å². The summed E-state index contributed by atoms with van der Waals surface area (Å²) in [6.45, 7) is 2.38. The number of aliphatic hydroxyl groups excluding tert-OH is 3. The standard InChI is InChI=1S/C19H23N5O4/c1-11-4-2-3-5-12(11)6-7-20-17-14-18(22-9-21-17)24(10-23-14)19-16(27)15(26)13(8-25)28-19/h2-5,9-10,13,15-16,19,25-27H,6-8H2,1H3,(H,20,21,22). The Hall–Kier alpha value is -2.59. The van der Waals surface area contributed by atoms with Gasteiger partial charge in [0, 0.05) is 6.54 Å². The van der Waals surface area contributed by atoms with E-state index >= 15 is 0 Å². The fraction of sp³-hybridized carbons (Fsp3) is 0.421. The predicted molar refractivity (Wildman–Crippen MR) is 102 cm³/mol. The normalized spacial score (nSPS) is 24.7. The Morgan fingerprint density at radius 3 is 2.71 bits per heavy atom. The van der Waals surface area contributed by atoms with Crippen LogP contribution in [-0.4, -0.2) is 66.3 Å². The van der Waals surface area contributed by atoms with Crippen LogP contribution in [-0.2, 0) is 11.2 Å². The molecular formula is C19H23N5O4. The van der Waals surface area contributed by atoms with E-state index in [1.807, 2.05) is 12.1 Å². The fourth-order valence-corrected chi connectivity index (χ4v) is 3.48. The van der Waals surface area contributed by atoms with Gasteiger partial charge in [0.25, 0.3) is 0 Å². The number of nitrogens with zero attached hydrogens (tertiary/aromatic N) is 4. The van der Waals surface area contributed by atoms with Gasteiger partial charge in [-0.1, -0.05) is 24.3 Å². The van der Waals surface area contributed by atoms with Crippen LogP contribution in [0.3, 0.4) is 0 Å². The monoisotopic (exact) mass is 385 g/mol. The van der Waals surface area contributed by atoms with Crippen LogP contribution in [0.2, 0.25) is 0 Å². The largest absolute Gasteiger partial charge is 0.394 e. The highest BCUT2D eigenvalue weighted by Gasteiger charge is 2.44. The molecule has 0 radical (unpaired) electrons. The van der Waals surface area contributed by atoms with Crippen LogP contribution in [0, 0.1) is 6.92 Å². The van der Waals surface area contributed by atoms with E-state index < -0.39 is 24.5 Å². The maximum absolute atomic E-state index is 10.3. The molecule has 9 heteroatoms. The Balaban J connectivity index is 1.53. The lowest BCUT2D eigenvalue weighted by Gasteiger charge is -2.16. The number of aromatic nitrogens is 4. The summed E-state index contributed by atoms with van der Waals surface area (Å²) in [4.78, 5) is 12.9. The zero-order valence-electron chi connectivity index (χ0n) is 15.4. The minimum Gasteiger partial charge on any atom is -0.394 e. The zero-order chi connectivity index (χ0) is 19.7. The molecule has 0 bridgehead atoms. The van der Waals surface area contributed by atoms with E-state index in [1.165, 1.54) is 23.8 Å². The third kappa shape index (κ3) is 3.33. The summed E-state index contributed by atoms with van der Waals surface area (Å²) < 4.78 is 7.12. The molecule has 1 saturated heterocycles. The summed E-state index contributed by atoms with van der Waals surface area (Å²) in [5.74, 6) is 0.587. The molecule has 1 aliphatic heterocycles. The molecule has 0 saturated carbocycles. The molecule has 4 N–H and O–H groups in total. The van der Waals surface area contributed by atoms with Gasteiger partial charge in [0.2, 0.25) is 0 Å². The molecule has 9 nitrogen and oxygen atoms in total. The Morgan fingerprint density at radius 2 is 1.96 bits per heavy atom. The summed E-state index contributed by atoms with van der Waals surface area (Å²) >= 11 is 0. The number of hydrogen-bond acceptors (Lipinski definition) is 8. The molecule has 1 fully saturated rings. The molecule has 3 heterocycles. The third-order valence-electron chi connectivity index (χ3n) is 5.10. The summed E-state index contributed by atoms with van der Waals surface area (Å²) in [6.07, 6.45) is -0.362. The van der Waals surface area contributed by atoms with Crippen LogP contribution in [0.4, 0.5) is 5.82 Å². The quantitative estimate of drug-likeness (QED) is 0.481. The summed E-state index contributed by atoms with van der Waals surface area (Å²) in [7, 11) is 0. The number of nitrogens with one attached hydrogen (secondary N) is 1. The van der Waals surface area contributed by atoms with Crippen molar-refractivity contribution in [2.45, 2.75) is 37.9 Å². The molecule has 2 aromatic heterocycles. The second-order valence-electron chi connectivity index (χ2n) is 6.88. The topological polar surface area (TPSA) is 126 Å². The molecule has 0 amide bonds. The number of rotatable bonds is 6. The van der Waals surface area contributed by atoms with Crippen molar-refractivity contribution in [3.05, 3.63) is 48.0 Å². The smallest absolute Gasteiger partial charge is 0.167 e. The van der Waals surface area contributed by atoms with Crippen LogP contribution in [0.1, 0.15) is 17.4 Å². The van der Waals surface area contributed by atoms with Crippen molar-refractivity contribution in [3.63, 3.8) is 0 Å². The second-order valence-corrected chi connectivity index (χ2v) is 6.88. The van der Waals surface area contributed by atoms with Crippen molar-refractivity contribution in [2.24, 2.45) is 0 Å². The molecular weight excluding hydrogens is 362 g/mol. The molecule has 0 aliphatic carbocycles. The first-order valence-corrected chi connectivity index (χ1v) is 9.18. The number of imidazole rings is 1. The highest BCUT2D eigenvalue weighted by Crippen LogP contribution is 2.32. The van der Waals surface area contributed by atoms with E-state index in [0.717, 1.165) is 6.42 Å². The maximum Gasteiger partial charge on any atom is 0.167 e.